The van der Waals surface area contributed by atoms with Crippen LogP contribution in [0.4, 0.5) is 19.0 Å². The average molecular weight is 362 g/mol. The summed E-state index contributed by atoms with van der Waals surface area (Å²) < 4.78 is 43.8. The molecular formula is C16H9F3N4O3. The lowest BCUT2D eigenvalue weighted by Gasteiger charge is -2.09. The highest BCUT2D eigenvalue weighted by Crippen LogP contribution is 2.31. The maximum atomic E-state index is 12.8. The molecule has 7 nitrogen and oxygen atoms in total. The summed E-state index contributed by atoms with van der Waals surface area (Å²) in [7, 11) is 0. The number of alkyl halides is 3. The predicted molar refractivity (Wildman–Crippen MR) is 83.4 cm³/mol. The lowest BCUT2D eigenvalue weighted by Crippen LogP contribution is -2.07. The third-order valence-corrected chi connectivity index (χ3v) is 3.22. The quantitative estimate of drug-likeness (QED) is 0.509. The van der Waals surface area contributed by atoms with Gasteiger partial charge < -0.3 is 14.9 Å². The maximum absolute atomic E-state index is 12.8. The Morgan fingerprint density at radius 1 is 0.962 bits per heavy atom. The minimum atomic E-state index is -4.56. The van der Waals surface area contributed by atoms with Gasteiger partial charge in [-0.3, -0.25) is 9.97 Å². The smallest absolute Gasteiger partial charge is 0.433 e. The van der Waals surface area contributed by atoms with Gasteiger partial charge in [0.1, 0.15) is 11.4 Å². The Balaban J connectivity index is 1.86. The minimum Gasteiger partial charge on any atom is -0.453 e. The summed E-state index contributed by atoms with van der Waals surface area (Å²) in [5.74, 6) is 0.193. The molecule has 26 heavy (non-hydrogen) atoms. The summed E-state index contributed by atoms with van der Waals surface area (Å²) >= 11 is 0. The molecule has 0 aliphatic heterocycles. The first-order chi connectivity index (χ1) is 12.3. The summed E-state index contributed by atoms with van der Waals surface area (Å²) in [5, 5.41) is 10.6. The Bertz CT molecular complexity index is 946. The molecule has 0 amide bonds. The molecule has 0 saturated carbocycles. The molecule has 3 aromatic rings. The first-order valence-electron chi connectivity index (χ1n) is 7.11. The van der Waals surface area contributed by atoms with Crippen LogP contribution < -0.4 is 4.74 Å². The molecule has 0 unspecified atom stereocenters. The van der Waals surface area contributed by atoms with E-state index < -0.39 is 16.8 Å². The van der Waals surface area contributed by atoms with Crippen LogP contribution in [0.25, 0.3) is 11.3 Å². The van der Waals surface area contributed by atoms with Crippen LogP contribution in [0, 0.1) is 10.1 Å². The van der Waals surface area contributed by atoms with Crippen molar-refractivity contribution in [1.29, 1.82) is 0 Å². The number of nitro groups is 1. The van der Waals surface area contributed by atoms with Crippen molar-refractivity contribution in [2.45, 2.75) is 6.18 Å². The average Bonchev–Trinajstić information content (AvgIpc) is 2.62. The van der Waals surface area contributed by atoms with E-state index in [1.165, 1.54) is 42.7 Å². The van der Waals surface area contributed by atoms with Gasteiger partial charge in [0.25, 0.3) is 0 Å². The molecule has 0 aliphatic rings. The maximum Gasteiger partial charge on any atom is 0.433 e. The first-order valence-corrected chi connectivity index (χ1v) is 7.11. The minimum absolute atomic E-state index is 0.222. The van der Waals surface area contributed by atoms with Gasteiger partial charge in [-0.2, -0.15) is 13.2 Å². The Kier molecular flexibility index (Phi) is 4.48. The summed E-state index contributed by atoms with van der Waals surface area (Å²) in [6.45, 7) is 0. The number of rotatable bonds is 4. The molecule has 0 N–H and O–H groups in total. The molecule has 132 valence electrons. The van der Waals surface area contributed by atoms with Crippen LogP contribution in [0.15, 0.2) is 55.0 Å². The van der Waals surface area contributed by atoms with Crippen LogP contribution in [0.1, 0.15) is 5.69 Å². The number of hydrogen-bond acceptors (Lipinski definition) is 6. The summed E-state index contributed by atoms with van der Waals surface area (Å²) in [4.78, 5) is 20.9. The van der Waals surface area contributed by atoms with Crippen LogP contribution in [0.2, 0.25) is 0 Å². The zero-order chi connectivity index (χ0) is 18.7. The van der Waals surface area contributed by atoms with Crippen LogP contribution in [-0.2, 0) is 6.18 Å². The van der Waals surface area contributed by atoms with Gasteiger partial charge in [-0.1, -0.05) is 0 Å². The fourth-order valence-electron chi connectivity index (χ4n) is 2.05. The number of ether oxygens (including phenoxy) is 1. The standard InChI is InChI=1S/C16H9F3N4O3/c17-16(18,19)14-7-10(3-5-21-14)13-8-11(4-6-20-13)26-12-1-2-15(22-9-12)23(24)25/h1-9H. The highest BCUT2D eigenvalue weighted by atomic mass is 19.4. The van der Waals surface area contributed by atoms with E-state index in [0.717, 1.165) is 12.3 Å². The molecular weight excluding hydrogens is 353 g/mol. The molecule has 0 spiro atoms. The van der Waals surface area contributed by atoms with Crippen molar-refractivity contribution in [1.82, 2.24) is 15.0 Å². The van der Waals surface area contributed by atoms with Crippen molar-refractivity contribution in [2.24, 2.45) is 0 Å². The zero-order valence-corrected chi connectivity index (χ0v) is 12.8. The molecule has 3 aromatic heterocycles. The third-order valence-electron chi connectivity index (χ3n) is 3.22. The van der Waals surface area contributed by atoms with E-state index in [0.29, 0.717) is 0 Å². The lowest BCUT2D eigenvalue weighted by atomic mass is 10.1. The van der Waals surface area contributed by atoms with Crippen molar-refractivity contribution in [3.05, 3.63) is 70.8 Å². The highest BCUT2D eigenvalue weighted by Gasteiger charge is 2.32. The second kappa shape index (κ2) is 6.75. The van der Waals surface area contributed by atoms with Crippen molar-refractivity contribution in [3.8, 4) is 22.8 Å². The molecule has 0 radical (unpaired) electrons. The fourth-order valence-corrected chi connectivity index (χ4v) is 2.05. The van der Waals surface area contributed by atoms with Gasteiger partial charge in [0.2, 0.25) is 0 Å². The molecule has 3 rings (SSSR count). The van der Waals surface area contributed by atoms with Gasteiger partial charge in [-0.25, -0.2) is 0 Å². The van der Waals surface area contributed by atoms with E-state index in [1.54, 1.807) is 0 Å². The Labute approximate surface area is 144 Å². The fraction of sp³-hybridized carbons (Fsp3) is 0.0625. The first kappa shape index (κ1) is 17.3. The lowest BCUT2D eigenvalue weighted by molar-refractivity contribution is -0.389. The molecule has 0 aromatic carbocycles. The van der Waals surface area contributed by atoms with Crippen molar-refractivity contribution in [3.63, 3.8) is 0 Å². The summed E-state index contributed by atoms with van der Waals surface area (Å²) in [6, 6.07) is 7.76. The predicted octanol–water partition coefficient (Wildman–Crippen LogP) is 4.26. The number of hydrogen-bond donors (Lipinski definition) is 0. The third kappa shape index (κ3) is 3.91. The van der Waals surface area contributed by atoms with Gasteiger partial charge in [0.05, 0.1) is 5.69 Å². The summed E-state index contributed by atoms with van der Waals surface area (Å²) in [5.41, 5.74) is -0.549. The largest absolute Gasteiger partial charge is 0.453 e. The molecule has 0 bridgehead atoms. The molecule has 0 saturated heterocycles. The van der Waals surface area contributed by atoms with Crippen molar-refractivity contribution in [2.75, 3.05) is 0 Å². The van der Waals surface area contributed by atoms with E-state index >= 15 is 0 Å². The SMILES string of the molecule is O=[N+]([O-])c1ccc(Oc2ccnc(-c3ccnc(C(F)(F)F)c3)c2)cn1. The molecule has 3 heterocycles. The summed E-state index contributed by atoms with van der Waals surface area (Å²) in [6.07, 6.45) is -0.967. The van der Waals surface area contributed by atoms with E-state index in [1.807, 2.05) is 0 Å². The van der Waals surface area contributed by atoms with Gasteiger partial charge >= 0.3 is 12.0 Å². The Morgan fingerprint density at radius 3 is 2.38 bits per heavy atom. The molecule has 0 atom stereocenters. The normalized spacial score (nSPS) is 11.2. The number of nitrogens with zero attached hydrogens (tertiary/aromatic N) is 4. The molecule has 10 heteroatoms. The number of halogens is 3. The number of pyridine rings is 3. The second-order valence-electron chi connectivity index (χ2n) is 5.02. The Morgan fingerprint density at radius 2 is 1.73 bits per heavy atom. The van der Waals surface area contributed by atoms with Crippen LogP contribution in [-0.4, -0.2) is 19.9 Å². The van der Waals surface area contributed by atoms with E-state index in [2.05, 4.69) is 15.0 Å². The number of aromatic nitrogens is 3. The van der Waals surface area contributed by atoms with E-state index in [-0.39, 0.29) is 28.6 Å². The van der Waals surface area contributed by atoms with Crippen molar-refractivity contribution >= 4 is 5.82 Å². The van der Waals surface area contributed by atoms with Crippen LogP contribution in [0.5, 0.6) is 11.5 Å². The van der Waals surface area contributed by atoms with Gasteiger partial charge in [-0.15, -0.1) is 0 Å². The highest BCUT2D eigenvalue weighted by molar-refractivity contribution is 5.61. The second-order valence-corrected chi connectivity index (χ2v) is 5.02. The molecule has 0 aliphatic carbocycles. The van der Waals surface area contributed by atoms with Crippen molar-refractivity contribution < 1.29 is 22.8 Å². The van der Waals surface area contributed by atoms with Crippen LogP contribution in [0.3, 0.4) is 0 Å². The molecule has 0 fully saturated rings. The Hall–Kier alpha value is -3.56. The van der Waals surface area contributed by atoms with Gasteiger partial charge in [-0.05, 0) is 34.2 Å². The zero-order valence-electron chi connectivity index (χ0n) is 12.8. The monoisotopic (exact) mass is 362 g/mol. The van der Waals surface area contributed by atoms with Crippen LogP contribution >= 0.6 is 0 Å². The topological polar surface area (TPSA) is 91.0 Å². The van der Waals surface area contributed by atoms with Gasteiger partial charge in [0, 0.05) is 30.1 Å². The van der Waals surface area contributed by atoms with E-state index in [4.69, 9.17) is 4.74 Å². The van der Waals surface area contributed by atoms with E-state index in [9.17, 15) is 23.3 Å². The van der Waals surface area contributed by atoms with Gasteiger partial charge in [0.15, 0.2) is 11.9 Å².